The maximum absolute atomic E-state index is 5.49. The number of ether oxygens (including phenoxy) is 1. The van der Waals surface area contributed by atoms with Crippen LogP contribution in [0, 0.1) is 6.92 Å². The van der Waals surface area contributed by atoms with Crippen molar-refractivity contribution in [3.63, 3.8) is 0 Å². The van der Waals surface area contributed by atoms with Crippen LogP contribution in [-0.4, -0.2) is 23.2 Å². The Morgan fingerprint density at radius 1 is 1.33 bits per heavy atom. The Kier molecular flexibility index (Phi) is 4.25. The molecule has 4 heteroatoms. The highest BCUT2D eigenvalue weighted by atomic mass is 16.5. The molecule has 1 atom stereocenters. The fraction of sp³-hybridized carbons (Fsp3) is 0.471. The lowest BCUT2D eigenvalue weighted by Gasteiger charge is -2.22. The topological polar surface area (TPSA) is 38.5 Å². The molecule has 2 heterocycles. The molecule has 1 aromatic carbocycles. The Morgan fingerprint density at radius 2 is 2.14 bits per heavy atom. The second kappa shape index (κ2) is 6.31. The number of benzene rings is 1. The maximum Gasteiger partial charge on any atom is 0.154 e. The van der Waals surface area contributed by atoms with Gasteiger partial charge in [-0.25, -0.2) is 0 Å². The first-order chi connectivity index (χ1) is 10.3. The predicted octanol–water partition coefficient (Wildman–Crippen LogP) is 3.72. The summed E-state index contributed by atoms with van der Waals surface area (Å²) in [4.78, 5) is 2.47. The van der Waals surface area contributed by atoms with Gasteiger partial charge in [0.15, 0.2) is 5.76 Å². The van der Waals surface area contributed by atoms with E-state index in [2.05, 4.69) is 28.3 Å². The minimum atomic E-state index is 0.359. The number of aryl methyl sites for hydroxylation is 1. The molecule has 1 fully saturated rings. The summed E-state index contributed by atoms with van der Waals surface area (Å²) in [6, 6.07) is 10.8. The molecule has 1 aromatic heterocycles. The lowest BCUT2D eigenvalue weighted by molar-refractivity contribution is 0.206. The smallest absolute Gasteiger partial charge is 0.154 e. The monoisotopic (exact) mass is 286 g/mol. The molecule has 3 rings (SSSR count). The second-order valence-electron chi connectivity index (χ2n) is 5.58. The van der Waals surface area contributed by atoms with Gasteiger partial charge >= 0.3 is 0 Å². The number of likely N-dealkylation sites (tertiary alicyclic amines) is 1. The Bertz CT molecular complexity index is 577. The van der Waals surface area contributed by atoms with Crippen LogP contribution in [0.4, 0.5) is 0 Å². The van der Waals surface area contributed by atoms with Crippen LogP contribution in [0.2, 0.25) is 0 Å². The molecular weight excluding hydrogens is 264 g/mol. The minimum Gasteiger partial charge on any atom is -0.494 e. The van der Waals surface area contributed by atoms with E-state index >= 15 is 0 Å². The Hall–Kier alpha value is -1.81. The predicted molar refractivity (Wildman–Crippen MR) is 81.2 cm³/mol. The van der Waals surface area contributed by atoms with Gasteiger partial charge in [-0.1, -0.05) is 17.3 Å². The van der Waals surface area contributed by atoms with Crippen LogP contribution in [0.3, 0.4) is 0 Å². The average molecular weight is 286 g/mol. The molecule has 4 nitrogen and oxygen atoms in total. The molecule has 1 unspecified atom stereocenters. The van der Waals surface area contributed by atoms with Crippen molar-refractivity contribution in [3.05, 3.63) is 47.3 Å². The van der Waals surface area contributed by atoms with Crippen molar-refractivity contribution < 1.29 is 9.26 Å². The van der Waals surface area contributed by atoms with Gasteiger partial charge in [0.2, 0.25) is 0 Å². The van der Waals surface area contributed by atoms with E-state index in [1.165, 1.54) is 12.0 Å². The van der Waals surface area contributed by atoms with Gasteiger partial charge in [-0.2, -0.15) is 0 Å². The van der Waals surface area contributed by atoms with Crippen molar-refractivity contribution in [3.8, 4) is 5.75 Å². The Morgan fingerprint density at radius 3 is 2.81 bits per heavy atom. The molecule has 0 spiro atoms. The molecule has 0 bridgehead atoms. The first-order valence-corrected chi connectivity index (χ1v) is 7.65. The molecule has 21 heavy (non-hydrogen) atoms. The fourth-order valence-electron chi connectivity index (χ4n) is 2.97. The summed E-state index contributed by atoms with van der Waals surface area (Å²) in [6.07, 6.45) is 2.35. The van der Waals surface area contributed by atoms with Gasteiger partial charge in [0, 0.05) is 12.6 Å². The fourth-order valence-corrected chi connectivity index (χ4v) is 2.97. The third kappa shape index (κ3) is 3.27. The highest BCUT2D eigenvalue weighted by Crippen LogP contribution is 2.33. The minimum absolute atomic E-state index is 0.359. The molecule has 1 aliphatic rings. The van der Waals surface area contributed by atoms with Crippen LogP contribution in [0.15, 0.2) is 34.9 Å². The van der Waals surface area contributed by atoms with E-state index in [-0.39, 0.29) is 0 Å². The van der Waals surface area contributed by atoms with Gasteiger partial charge < -0.3 is 9.26 Å². The SMILES string of the molecule is CCOc1ccc(CN2CCCC2c2cc(C)no2)cc1. The number of rotatable bonds is 5. The quantitative estimate of drug-likeness (QED) is 0.839. The van der Waals surface area contributed by atoms with Crippen LogP contribution in [-0.2, 0) is 6.54 Å². The number of hydrogen-bond acceptors (Lipinski definition) is 4. The molecule has 112 valence electrons. The maximum atomic E-state index is 5.49. The van der Waals surface area contributed by atoms with Gasteiger partial charge in [0.25, 0.3) is 0 Å². The van der Waals surface area contributed by atoms with E-state index in [0.717, 1.165) is 36.7 Å². The van der Waals surface area contributed by atoms with Crippen LogP contribution < -0.4 is 4.74 Å². The highest BCUT2D eigenvalue weighted by molar-refractivity contribution is 5.27. The van der Waals surface area contributed by atoms with E-state index in [0.29, 0.717) is 12.6 Å². The van der Waals surface area contributed by atoms with Crippen molar-refractivity contribution in [1.82, 2.24) is 10.1 Å². The molecule has 0 saturated carbocycles. The first kappa shape index (κ1) is 14.1. The average Bonchev–Trinajstić information content (AvgIpc) is 3.10. The highest BCUT2D eigenvalue weighted by Gasteiger charge is 2.28. The van der Waals surface area contributed by atoms with Crippen LogP contribution in [0.25, 0.3) is 0 Å². The second-order valence-corrected chi connectivity index (χ2v) is 5.58. The summed E-state index contributed by atoms with van der Waals surface area (Å²) in [7, 11) is 0. The van der Waals surface area contributed by atoms with Gasteiger partial charge in [-0.3, -0.25) is 4.90 Å². The van der Waals surface area contributed by atoms with Crippen molar-refractivity contribution in [2.45, 2.75) is 39.3 Å². The number of hydrogen-bond donors (Lipinski definition) is 0. The molecule has 2 aromatic rings. The van der Waals surface area contributed by atoms with Gasteiger partial charge in [0.05, 0.1) is 18.3 Å². The zero-order valence-corrected chi connectivity index (χ0v) is 12.7. The van der Waals surface area contributed by atoms with E-state index in [1.807, 2.05) is 26.0 Å². The zero-order valence-electron chi connectivity index (χ0n) is 12.7. The Balaban J connectivity index is 1.68. The van der Waals surface area contributed by atoms with Crippen molar-refractivity contribution in [2.24, 2.45) is 0 Å². The van der Waals surface area contributed by atoms with Crippen LogP contribution >= 0.6 is 0 Å². The van der Waals surface area contributed by atoms with Crippen LogP contribution in [0.1, 0.15) is 42.8 Å². The van der Waals surface area contributed by atoms with Gasteiger partial charge in [0.1, 0.15) is 5.75 Å². The van der Waals surface area contributed by atoms with Crippen molar-refractivity contribution in [1.29, 1.82) is 0 Å². The molecular formula is C17H22N2O2. The zero-order chi connectivity index (χ0) is 14.7. The first-order valence-electron chi connectivity index (χ1n) is 7.65. The summed E-state index contributed by atoms with van der Waals surface area (Å²) >= 11 is 0. The summed E-state index contributed by atoms with van der Waals surface area (Å²) < 4.78 is 10.9. The molecule has 1 saturated heterocycles. The van der Waals surface area contributed by atoms with E-state index < -0.39 is 0 Å². The summed E-state index contributed by atoms with van der Waals surface area (Å²) in [5, 5.41) is 4.02. The molecule has 0 N–H and O–H groups in total. The number of aromatic nitrogens is 1. The lowest BCUT2D eigenvalue weighted by atomic mass is 10.1. The molecule has 0 amide bonds. The van der Waals surface area contributed by atoms with E-state index in [4.69, 9.17) is 9.26 Å². The third-order valence-electron chi connectivity index (χ3n) is 3.96. The largest absolute Gasteiger partial charge is 0.494 e. The Labute approximate surface area is 125 Å². The molecule has 0 aliphatic carbocycles. The van der Waals surface area contributed by atoms with Crippen molar-refractivity contribution >= 4 is 0 Å². The summed E-state index contributed by atoms with van der Waals surface area (Å²) in [5.41, 5.74) is 2.26. The molecule has 0 radical (unpaired) electrons. The van der Waals surface area contributed by atoms with E-state index in [9.17, 15) is 0 Å². The van der Waals surface area contributed by atoms with Crippen molar-refractivity contribution in [2.75, 3.05) is 13.2 Å². The summed E-state index contributed by atoms with van der Waals surface area (Å²) in [6.45, 7) is 6.73. The van der Waals surface area contributed by atoms with Gasteiger partial charge in [-0.15, -0.1) is 0 Å². The lowest BCUT2D eigenvalue weighted by Crippen LogP contribution is -2.22. The normalized spacial score (nSPS) is 19.0. The van der Waals surface area contributed by atoms with Crippen LogP contribution in [0.5, 0.6) is 5.75 Å². The summed E-state index contributed by atoms with van der Waals surface area (Å²) in [5.74, 6) is 1.93. The van der Waals surface area contributed by atoms with E-state index in [1.54, 1.807) is 0 Å². The molecule has 1 aliphatic heterocycles. The van der Waals surface area contributed by atoms with Gasteiger partial charge in [-0.05, 0) is 50.9 Å². The number of nitrogens with zero attached hydrogens (tertiary/aromatic N) is 2. The standard InChI is InChI=1S/C17H22N2O2/c1-3-20-15-8-6-14(7-9-15)12-19-10-4-5-16(19)17-11-13(2)18-21-17/h6-9,11,16H,3-5,10,12H2,1-2H3. The third-order valence-corrected chi connectivity index (χ3v) is 3.96.